The number of ether oxygens (including phenoxy) is 1. The van der Waals surface area contributed by atoms with Crippen LogP contribution in [0.2, 0.25) is 0 Å². The molecule has 5 nitrogen and oxygen atoms in total. The number of hydrogen-bond acceptors (Lipinski definition) is 4. The number of rotatable bonds is 4. The molecule has 0 saturated carbocycles. The topological polar surface area (TPSA) is 83.8 Å². The molecule has 0 bridgehead atoms. The normalized spacial score (nSPS) is 9.19. The van der Waals surface area contributed by atoms with Crippen LogP contribution in [-0.4, -0.2) is 28.4 Å². The van der Waals surface area contributed by atoms with Gasteiger partial charge in [-0.25, -0.2) is 4.79 Å². The van der Waals surface area contributed by atoms with Crippen LogP contribution in [0.25, 0.3) is 0 Å². The summed E-state index contributed by atoms with van der Waals surface area (Å²) in [4.78, 5) is 19.6. The lowest BCUT2D eigenvalue weighted by Crippen LogP contribution is -2.14. The molecule has 1 atom stereocenters. The molecule has 0 aromatic rings. The van der Waals surface area contributed by atoms with Gasteiger partial charge in [0.1, 0.15) is 0 Å². The first kappa shape index (κ1) is 24.4. The maximum atomic E-state index is 10.3. The van der Waals surface area contributed by atoms with Crippen molar-refractivity contribution in [3.05, 3.63) is 12.7 Å². The van der Waals surface area contributed by atoms with Gasteiger partial charge in [-0.2, -0.15) is 0 Å². The Morgan fingerprint density at radius 1 is 1.38 bits per heavy atom. The van der Waals surface area contributed by atoms with Crippen LogP contribution in [0.3, 0.4) is 0 Å². The minimum Gasteiger partial charge on any atom is -0.481 e. The van der Waals surface area contributed by atoms with E-state index in [1.54, 1.807) is 13.8 Å². The van der Waals surface area contributed by atoms with Crippen molar-refractivity contribution in [2.24, 2.45) is 0 Å². The maximum absolute atomic E-state index is 10.3. The molecule has 0 radical (unpaired) electrons. The van der Waals surface area contributed by atoms with E-state index in [-0.39, 0.29) is 31.2 Å². The number of carbonyl (C=O) groups is 2. The van der Waals surface area contributed by atoms with Gasteiger partial charge in [0.05, 0.1) is 0 Å². The molecule has 0 heterocycles. The summed E-state index contributed by atoms with van der Waals surface area (Å²) in [7, 11) is 0. The van der Waals surface area contributed by atoms with Crippen LogP contribution in [-0.2, 0) is 14.3 Å². The summed E-state index contributed by atoms with van der Waals surface area (Å²) in [6, 6.07) is 0. The van der Waals surface area contributed by atoms with E-state index < -0.39 is 18.2 Å². The zero-order valence-corrected chi connectivity index (χ0v) is 10.8. The largest absolute Gasteiger partial charge is 0.481 e. The number of aliphatic hydroxyl groups excluding tert-OH is 1. The van der Waals surface area contributed by atoms with Gasteiger partial charge in [-0.3, -0.25) is 4.79 Å². The fourth-order valence-electron chi connectivity index (χ4n) is 0.266. The van der Waals surface area contributed by atoms with Crippen LogP contribution in [0, 0.1) is 0 Å². The fraction of sp³-hybridized carbons (Fsp3) is 0.556. The minimum absolute atomic E-state index is 0. The highest BCUT2D eigenvalue weighted by molar-refractivity contribution is 5.85. The van der Waals surface area contributed by atoms with Gasteiger partial charge in [-0.1, -0.05) is 20.4 Å². The summed E-state index contributed by atoms with van der Waals surface area (Å²) in [5.74, 6) is -1.34. The van der Waals surface area contributed by atoms with Crippen molar-refractivity contribution in [3.63, 3.8) is 0 Å². The van der Waals surface area contributed by atoms with E-state index in [4.69, 9.17) is 10.2 Å². The Balaban J connectivity index is -0.0000000904. The van der Waals surface area contributed by atoms with Crippen molar-refractivity contribution < 1.29 is 24.5 Å². The number of esters is 1. The lowest BCUT2D eigenvalue weighted by Gasteiger charge is -2.05. The molecule has 0 amide bonds. The van der Waals surface area contributed by atoms with E-state index in [2.05, 4.69) is 11.3 Å². The fourth-order valence-corrected chi connectivity index (χ4v) is 0.266. The Morgan fingerprint density at radius 3 is 1.94 bits per heavy atom. The first-order valence-electron chi connectivity index (χ1n) is 4.20. The summed E-state index contributed by atoms with van der Waals surface area (Å²) in [5, 5.41) is 16.4. The third-order valence-corrected chi connectivity index (χ3v) is 1.07. The second-order valence-electron chi connectivity index (χ2n) is 2.25. The molecule has 0 aromatic heterocycles. The van der Waals surface area contributed by atoms with Gasteiger partial charge in [0, 0.05) is 18.9 Å². The molecule has 0 aromatic carbocycles. The van der Waals surface area contributed by atoms with Gasteiger partial charge in [-0.15, -0.1) is 24.8 Å². The molecule has 2 N–H and O–H groups in total. The van der Waals surface area contributed by atoms with Gasteiger partial charge in [0.2, 0.25) is 6.29 Å². The summed E-state index contributed by atoms with van der Waals surface area (Å²) < 4.78 is 4.35. The Bertz CT molecular complexity index is 196. The highest BCUT2D eigenvalue weighted by Crippen LogP contribution is 1.92. The van der Waals surface area contributed by atoms with Crippen LogP contribution in [0.1, 0.15) is 26.7 Å². The number of halogens is 2. The smallest absolute Gasteiger partial charge is 0.332 e. The van der Waals surface area contributed by atoms with Crippen molar-refractivity contribution in [3.8, 4) is 0 Å². The van der Waals surface area contributed by atoms with E-state index in [1.807, 2.05) is 0 Å². The minimum atomic E-state index is -0.990. The molecule has 0 spiro atoms. The van der Waals surface area contributed by atoms with Crippen LogP contribution < -0.4 is 0 Å². The third-order valence-electron chi connectivity index (χ3n) is 1.07. The monoisotopic (exact) mass is 276 g/mol. The third kappa shape index (κ3) is 23.2. The summed E-state index contributed by atoms with van der Waals surface area (Å²) in [5.41, 5.74) is 0. The Morgan fingerprint density at radius 2 is 1.75 bits per heavy atom. The summed E-state index contributed by atoms with van der Waals surface area (Å²) in [6.45, 7) is 6.47. The molecular weight excluding hydrogens is 259 g/mol. The molecule has 7 heteroatoms. The number of carboxylic acid groups (broad SMARTS) is 1. The van der Waals surface area contributed by atoms with E-state index in [9.17, 15) is 9.59 Å². The molecular formula is C9H18Cl2O5. The maximum Gasteiger partial charge on any atom is 0.332 e. The van der Waals surface area contributed by atoms with E-state index in [1.165, 1.54) is 0 Å². The lowest BCUT2D eigenvalue weighted by atomic mass is 10.5. The SMILES string of the molecule is C=CC(=O)OC(O)CC.CCC(=O)O.Cl.Cl. The predicted octanol–water partition coefficient (Wildman–Crippen LogP) is 1.77. The van der Waals surface area contributed by atoms with Gasteiger partial charge < -0.3 is 14.9 Å². The number of carbonyl (C=O) groups excluding carboxylic acids is 1. The molecule has 16 heavy (non-hydrogen) atoms. The van der Waals surface area contributed by atoms with Crippen LogP contribution in [0.5, 0.6) is 0 Å². The van der Waals surface area contributed by atoms with Crippen molar-refractivity contribution in [1.82, 2.24) is 0 Å². The zero-order chi connectivity index (χ0) is 11.6. The predicted molar refractivity (Wildman–Crippen MR) is 65.0 cm³/mol. The van der Waals surface area contributed by atoms with Crippen molar-refractivity contribution in [2.45, 2.75) is 33.0 Å². The molecule has 98 valence electrons. The van der Waals surface area contributed by atoms with Gasteiger partial charge in [-0.05, 0) is 0 Å². The first-order valence-corrected chi connectivity index (χ1v) is 4.20. The van der Waals surface area contributed by atoms with Gasteiger partial charge in [0.15, 0.2) is 0 Å². The van der Waals surface area contributed by atoms with Crippen LogP contribution in [0.4, 0.5) is 0 Å². The summed E-state index contributed by atoms with van der Waals surface area (Å²) in [6.07, 6.45) is 0.647. The Hall–Kier alpha value is -0.780. The number of carboxylic acids is 1. The second kappa shape index (κ2) is 16.6. The summed E-state index contributed by atoms with van der Waals surface area (Å²) >= 11 is 0. The van der Waals surface area contributed by atoms with Crippen molar-refractivity contribution in [1.29, 1.82) is 0 Å². The van der Waals surface area contributed by atoms with Crippen molar-refractivity contribution >= 4 is 36.8 Å². The molecule has 0 aliphatic heterocycles. The first-order chi connectivity index (χ1) is 6.47. The highest BCUT2D eigenvalue weighted by Gasteiger charge is 2.02. The highest BCUT2D eigenvalue weighted by atomic mass is 35.5. The second-order valence-corrected chi connectivity index (χ2v) is 2.25. The zero-order valence-electron chi connectivity index (χ0n) is 9.21. The standard InChI is InChI=1S/C6H10O3.C3H6O2.2ClH/c1-3-5(7)9-6(8)4-2;1-2-3(4)5;;/h3,6,8H,1,4H2,2H3;2H2,1H3,(H,4,5);2*1H. The molecule has 0 saturated heterocycles. The number of aliphatic hydroxyl groups is 1. The lowest BCUT2D eigenvalue weighted by molar-refractivity contribution is -0.161. The molecule has 0 rings (SSSR count). The average molecular weight is 277 g/mol. The average Bonchev–Trinajstić information content (AvgIpc) is 2.18. The number of hydrogen-bond donors (Lipinski definition) is 2. The van der Waals surface area contributed by atoms with E-state index in [0.717, 1.165) is 6.08 Å². The number of aliphatic carboxylic acids is 1. The van der Waals surface area contributed by atoms with E-state index >= 15 is 0 Å². The quantitative estimate of drug-likeness (QED) is 0.465. The molecule has 0 aliphatic carbocycles. The van der Waals surface area contributed by atoms with Crippen LogP contribution in [0.15, 0.2) is 12.7 Å². The Labute approximate surface area is 107 Å². The molecule has 0 aliphatic rings. The van der Waals surface area contributed by atoms with Crippen molar-refractivity contribution in [2.75, 3.05) is 0 Å². The van der Waals surface area contributed by atoms with Gasteiger partial charge >= 0.3 is 11.9 Å². The van der Waals surface area contributed by atoms with Crippen LogP contribution >= 0.6 is 24.8 Å². The van der Waals surface area contributed by atoms with Gasteiger partial charge in [0.25, 0.3) is 0 Å². The Kier molecular flexibility index (Phi) is 25.4. The molecule has 0 fully saturated rings. The molecule has 1 unspecified atom stereocenters. The van der Waals surface area contributed by atoms with E-state index in [0.29, 0.717) is 6.42 Å².